The molecule has 1 atom stereocenters. The second-order valence-corrected chi connectivity index (χ2v) is 4.94. The lowest BCUT2D eigenvalue weighted by atomic mass is 10.3. The highest BCUT2D eigenvalue weighted by molar-refractivity contribution is 14.0. The largest absolute Gasteiger partial charge is 0.357 e. The molecule has 0 saturated carbocycles. The molecular formula is C14H33IN4. The minimum absolute atomic E-state index is 0. The Balaban J connectivity index is 0. The fourth-order valence-corrected chi connectivity index (χ4v) is 1.73. The van der Waals surface area contributed by atoms with Gasteiger partial charge in [-0.2, -0.15) is 0 Å². The summed E-state index contributed by atoms with van der Waals surface area (Å²) >= 11 is 0. The van der Waals surface area contributed by atoms with Crippen molar-refractivity contribution in [1.29, 1.82) is 0 Å². The molecule has 0 heterocycles. The first-order chi connectivity index (χ1) is 8.54. The van der Waals surface area contributed by atoms with Crippen molar-refractivity contribution in [3.05, 3.63) is 0 Å². The van der Waals surface area contributed by atoms with Gasteiger partial charge in [-0.15, -0.1) is 24.0 Å². The van der Waals surface area contributed by atoms with E-state index in [0.29, 0.717) is 12.1 Å². The fourth-order valence-electron chi connectivity index (χ4n) is 1.73. The second kappa shape index (κ2) is 13.0. The first-order valence-electron chi connectivity index (χ1n) is 7.33. The second-order valence-electron chi connectivity index (χ2n) is 4.94. The van der Waals surface area contributed by atoms with Crippen LogP contribution in [-0.4, -0.2) is 49.1 Å². The van der Waals surface area contributed by atoms with E-state index in [1.54, 1.807) is 0 Å². The SMILES string of the molecule is CCNC(=NCCN(CC)C(C)C)NC(C)CC.I. The van der Waals surface area contributed by atoms with Crippen LogP contribution in [-0.2, 0) is 0 Å². The molecule has 1 unspecified atom stereocenters. The lowest BCUT2D eigenvalue weighted by Gasteiger charge is -2.24. The van der Waals surface area contributed by atoms with Crippen LogP contribution in [0.2, 0.25) is 0 Å². The molecule has 116 valence electrons. The number of likely N-dealkylation sites (N-methyl/N-ethyl adjacent to an activating group) is 1. The minimum Gasteiger partial charge on any atom is -0.357 e. The van der Waals surface area contributed by atoms with Crippen molar-refractivity contribution < 1.29 is 0 Å². The predicted molar refractivity (Wildman–Crippen MR) is 96.7 cm³/mol. The van der Waals surface area contributed by atoms with Gasteiger partial charge in [-0.05, 0) is 40.7 Å². The molecule has 0 saturated heterocycles. The van der Waals surface area contributed by atoms with E-state index < -0.39 is 0 Å². The summed E-state index contributed by atoms with van der Waals surface area (Å²) in [4.78, 5) is 7.05. The van der Waals surface area contributed by atoms with Crippen LogP contribution in [0.3, 0.4) is 0 Å². The zero-order valence-corrected chi connectivity index (χ0v) is 15.8. The maximum atomic E-state index is 4.62. The highest BCUT2D eigenvalue weighted by atomic mass is 127. The molecule has 0 aliphatic heterocycles. The molecular weight excluding hydrogens is 351 g/mol. The minimum atomic E-state index is 0. The number of guanidine groups is 1. The molecule has 0 aromatic heterocycles. The molecule has 0 aromatic carbocycles. The number of halogens is 1. The molecule has 0 fully saturated rings. The van der Waals surface area contributed by atoms with Crippen molar-refractivity contribution in [3.8, 4) is 0 Å². The monoisotopic (exact) mass is 384 g/mol. The number of hydrogen-bond acceptors (Lipinski definition) is 2. The maximum Gasteiger partial charge on any atom is 0.191 e. The van der Waals surface area contributed by atoms with Gasteiger partial charge in [0.05, 0.1) is 6.54 Å². The average Bonchev–Trinajstić information content (AvgIpc) is 2.34. The molecule has 0 rings (SSSR count). The molecule has 0 aliphatic rings. The highest BCUT2D eigenvalue weighted by Gasteiger charge is 2.06. The molecule has 0 spiro atoms. The number of rotatable bonds is 8. The van der Waals surface area contributed by atoms with E-state index in [1.165, 1.54) is 0 Å². The molecule has 4 nitrogen and oxygen atoms in total. The Bertz CT molecular complexity index is 231. The summed E-state index contributed by atoms with van der Waals surface area (Å²) in [5, 5.41) is 6.70. The third kappa shape index (κ3) is 10.4. The van der Waals surface area contributed by atoms with Crippen molar-refractivity contribution in [2.75, 3.05) is 26.2 Å². The van der Waals surface area contributed by atoms with Crippen molar-refractivity contribution in [3.63, 3.8) is 0 Å². The van der Waals surface area contributed by atoms with Gasteiger partial charge in [-0.25, -0.2) is 0 Å². The van der Waals surface area contributed by atoms with Crippen LogP contribution in [0.15, 0.2) is 4.99 Å². The third-order valence-electron chi connectivity index (χ3n) is 3.13. The molecule has 0 amide bonds. The van der Waals surface area contributed by atoms with Crippen molar-refractivity contribution in [2.24, 2.45) is 4.99 Å². The summed E-state index contributed by atoms with van der Waals surface area (Å²) in [5.41, 5.74) is 0. The Morgan fingerprint density at radius 1 is 1.16 bits per heavy atom. The van der Waals surface area contributed by atoms with Crippen LogP contribution in [0.1, 0.15) is 48.0 Å². The zero-order chi connectivity index (χ0) is 14.0. The van der Waals surface area contributed by atoms with Gasteiger partial charge >= 0.3 is 0 Å². The lowest BCUT2D eigenvalue weighted by Crippen LogP contribution is -2.42. The molecule has 2 N–H and O–H groups in total. The van der Waals surface area contributed by atoms with Gasteiger partial charge in [-0.1, -0.05) is 13.8 Å². The predicted octanol–water partition coefficient (Wildman–Crippen LogP) is 2.69. The fraction of sp³-hybridized carbons (Fsp3) is 0.929. The van der Waals surface area contributed by atoms with Crippen molar-refractivity contribution in [1.82, 2.24) is 15.5 Å². The molecule has 0 bridgehead atoms. The number of nitrogens with one attached hydrogen (secondary N) is 2. The molecule has 0 radical (unpaired) electrons. The normalized spacial score (nSPS) is 13.4. The van der Waals surface area contributed by atoms with E-state index in [-0.39, 0.29) is 24.0 Å². The summed E-state index contributed by atoms with van der Waals surface area (Å²) in [6, 6.07) is 1.06. The first-order valence-corrected chi connectivity index (χ1v) is 7.33. The van der Waals surface area contributed by atoms with Gasteiger partial charge in [-0.3, -0.25) is 9.89 Å². The molecule has 0 aromatic rings. The standard InChI is InChI=1S/C14H32N4.HI/c1-7-13(6)17-14(15-8-2)16-10-11-18(9-3)12(4)5;/h12-13H,7-11H2,1-6H3,(H2,15,16,17);1H. The van der Waals surface area contributed by atoms with Crippen molar-refractivity contribution >= 4 is 29.9 Å². The Morgan fingerprint density at radius 2 is 1.79 bits per heavy atom. The van der Waals surface area contributed by atoms with E-state index in [1.807, 2.05) is 0 Å². The quantitative estimate of drug-likeness (QED) is 0.384. The van der Waals surface area contributed by atoms with Gasteiger partial charge in [0.15, 0.2) is 5.96 Å². The summed E-state index contributed by atoms with van der Waals surface area (Å²) in [7, 11) is 0. The summed E-state index contributed by atoms with van der Waals surface area (Å²) in [5.74, 6) is 0.937. The lowest BCUT2D eigenvalue weighted by molar-refractivity contribution is 0.240. The maximum absolute atomic E-state index is 4.62. The van der Waals surface area contributed by atoms with Crippen molar-refractivity contribution in [2.45, 2.75) is 60.0 Å². The average molecular weight is 384 g/mol. The topological polar surface area (TPSA) is 39.7 Å². The van der Waals surface area contributed by atoms with E-state index in [0.717, 1.165) is 38.6 Å². The Kier molecular flexibility index (Phi) is 14.5. The number of hydrogen-bond donors (Lipinski definition) is 2. The third-order valence-corrected chi connectivity index (χ3v) is 3.13. The molecule has 5 heteroatoms. The van der Waals surface area contributed by atoms with E-state index in [2.05, 4.69) is 62.1 Å². The Labute approximate surface area is 136 Å². The van der Waals surface area contributed by atoms with Gasteiger partial charge in [0.25, 0.3) is 0 Å². The van der Waals surface area contributed by atoms with E-state index >= 15 is 0 Å². The Morgan fingerprint density at radius 3 is 2.21 bits per heavy atom. The summed E-state index contributed by atoms with van der Waals surface area (Å²) in [6.45, 7) is 17.0. The highest BCUT2D eigenvalue weighted by Crippen LogP contribution is 1.96. The molecule has 19 heavy (non-hydrogen) atoms. The van der Waals surface area contributed by atoms with E-state index in [4.69, 9.17) is 0 Å². The number of aliphatic imine (C=N–C) groups is 1. The molecule has 0 aliphatic carbocycles. The first kappa shape index (κ1) is 21.3. The van der Waals surface area contributed by atoms with Crippen LogP contribution < -0.4 is 10.6 Å². The van der Waals surface area contributed by atoms with Crippen LogP contribution in [0.5, 0.6) is 0 Å². The van der Waals surface area contributed by atoms with Crippen LogP contribution in [0.4, 0.5) is 0 Å². The summed E-state index contributed by atoms with van der Waals surface area (Å²) < 4.78 is 0. The van der Waals surface area contributed by atoms with Crippen LogP contribution in [0.25, 0.3) is 0 Å². The van der Waals surface area contributed by atoms with Gasteiger partial charge in [0.1, 0.15) is 0 Å². The van der Waals surface area contributed by atoms with Crippen LogP contribution in [0, 0.1) is 0 Å². The van der Waals surface area contributed by atoms with Crippen LogP contribution >= 0.6 is 24.0 Å². The number of nitrogens with zero attached hydrogens (tertiary/aromatic N) is 2. The van der Waals surface area contributed by atoms with Gasteiger partial charge in [0.2, 0.25) is 0 Å². The van der Waals surface area contributed by atoms with E-state index in [9.17, 15) is 0 Å². The van der Waals surface area contributed by atoms with Gasteiger partial charge in [0, 0.05) is 25.2 Å². The zero-order valence-electron chi connectivity index (χ0n) is 13.5. The summed E-state index contributed by atoms with van der Waals surface area (Å²) in [6.07, 6.45) is 1.11. The van der Waals surface area contributed by atoms with Gasteiger partial charge < -0.3 is 10.6 Å². The smallest absolute Gasteiger partial charge is 0.191 e. The Hall–Kier alpha value is -0.0400.